The van der Waals surface area contributed by atoms with Crippen molar-refractivity contribution in [1.82, 2.24) is 4.90 Å². The number of hydrogen-bond acceptors (Lipinski definition) is 2. The van der Waals surface area contributed by atoms with Gasteiger partial charge < -0.3 is 4.90 Å². The fourth-order valence-electron chi connectivity index (χ4n) is 1.67. The molecular formula is C10H17NOS. The van der Waals surface area contributed by atoms with E-state index in [1.165, 1.54) is 19.3 Å². The molecule has 0 atom stereocenters. The average molecular weight is 199 g/mol. The van der Waals surface area contributed by atoms with E-state index in [4.69, 9.17) is 12.2 Å². The lowest BCUT2D eigenvalue weighted by Gasteiger charge is -2.20. The second-order valence-electron chi connectivity index (χ2n) is 3.58. The number of nitrogens with zero attached hydrogens (tertiary/aromatic N) is 1. The number of thiocarbonyl (C=S) groups is 1. The van der Waals surface area contributed by atoms with Crippen molar-refractivity contribution in [3.05, 3.63) is 0 Å². The predicted octanol–water partition coefficient (Wildman–Crippen LogP) is 2.52. The topological polar surface area (TPSA) is 20.3 Å². The summed E-state index contributed by atoms with van der Waals surface area (Å²) in [5, 5.41) is 0. The lowest BCUT2D eigenvalue weighted by Crippen LogP contribution is -2.34. The van der Waals surface area contributed by atoms with Gasteiger partial charge in [0.15, 0.2) is 0 Å². The highest BCUT2D eigenvalue weighted by molar-refractivity contribution is 7.80. The molecule has 0 aromatic rings. The molecule has 1 rings (SSSR count). The predicted molar refractivity (Wildman–Crippen MR) is 57.7 cm³/mol. The van der Waals surface area contributed by atoms with Crippen molar-refractivity contribution < 1.29 is 4.79 Å². The van der Waals surface area contributed by atoms with Gasteiger partial charge in [0.1, 0.15) is 0 Å². The summed E-state index contributed by atoms with van der Waals surface area (Å²) in [6.45, 7) is 2.43. The standard InChI is InChI=1S/C10H17NOS/c1-9(12)11-8-6-4-2-3-5-7-10(11)13/h2-8H2,1H3. The molecule has 0 saturated carbocycles. The third-order valence-electron chi connectivity index (χ3n) is 2.45. The summed E-state index contributed by atoms with van der Waals surface area (Å²) in [6.07, 6.45) is 6.92. The van der Waals surface area contributed by atoms with Gasteiger partial charge in [-0.1, -0.05) is 31.5 Å². The molecule has 1 fully saturated rings. The molecule has 74 valence electrons. The zero-order chi connectivity index (χ0) is 9.68. The van der Waals surface area contributed by atoms with E-state index in [1.807, 2.05) is 0 Å². The Kier molecular flexibility index (Phi) is 4.36. The van der Waals surface area contributed by atoms with Gasteiger partial charge in [-0.2, -0.15) is 0 Å². The molecule has 0 aromatic heterocycles. The minimum Gasteiger partial charge on any atom is -0.307 e. The molecule has 0 bridgehead atoms. The summed E-state index contributed by atoms with van der Waals surface area (Å²) in [6, 6.07) is 0. The molecule has 0 spiro atoms. The van der Waals surface area contributed by atoms with Gasteiger partial charge in [-0.05, 0) is 19.3 Å². The van der Waals surface area contributed by atoms with Gasteiger partial charge in [0.05, 0.1) is 4.99 Å². The molecule has 3 heteroatoms. The van der Waals surface area contributed by atoms with Gasteiger partial charge in [-0.3, -0.25) is 4.79 Å². The van der Waals surface area contributed by atoms with Crippen LogP contribution in [0, 0.1) is 0 Å². The maximum absolute atomic E-state index is 11.2. The second kappa shape index (κ2) is 5.32. The van der Waals surface area contributed by atoms with Crippen molar-refractivity contribution in [2.24, 2.45) is 0 Å². The molecule has 1 heterocycles. The molecule has 13 heavy (non-hydrogen) atoms. The van der Waals surface area contributed by atoms with E-state index in [0.29, 0.717) is 0 Å². The van der Waals surface area contributed by atoms with E-state index in [2.05, 4.69) is 0 Å². The lowest BCUT2D eigenvalue weighted by atomic mass is 10.1. The Balaban J connectivity index is 2.55. The Bertz CT molecular complexity index is 203. The Labute approximate surface area is 85.3 Å². The Morgan fingerprint density at radius 2 is 1.85 bits per heavy atom. The van der Waals surface area contributed by atoms with Crippen LogP contribution in [-0.4, -0.2) is 22.3 Å². The highest BCUT2D eigenvalue weighted by Crippen LogP contribution is 2.13. The summed E-state index contributed by atoms with van der Waals surface area (Å²) in [4.78, 5) is 13.8. The van der Waals surface area contributed by atoms with Crippen LogP contribution in [0.2, 0.25) is 0 Å². The van der Waals surface area contributed by atoms with Crippen LogP contribution in [0.3, 0.4) is 0 Å². The van der Waals surface area contributed by atoms with E-state index >= 15 is 0 Å². The van der Waals surface area contributed by atoms with Crippen LogP contribution >= 0.6 is 12.2 Å². The number of carbonyl (C=O) groups excluding carboxylic acids is 1. The van der Waals surface area contributed by atoms with Crippen molar-refractivity contribution in [1.29, 1.82) is 0 Å². The lowest BCUT2D eigenvalue weighted by molar-refractivity contribution is -0.125. The minimum absolute atomic E-state index is 0.104. The molecule has 1 saturated heterocycles. The normalized spacial score (nSPS) is 20.4. The van der Waals surface area contributed by atoms with Crippen LogP contribution < -0.4 is 0 Å². The highest BCUT2D eigenvalue weighted by Gasteiger charge is 2.14. The van der Waals surface area contributed by atoms with Gasteiger partial charge in [0.25, 0.3) is 0 Å². The van der Waals surface area contributed by atoms with Crippen molar-refractivity contribution in [2.45, 2.75) is 45.4 Å². The number of amides is 1. The van der Waals surface area contributed by atoms with E-state index in [-0.39, 0.29) is 5.91 Å². The van der Waals surface area contributed by atoms with Crippen molar-refractivity contribution in [2.75, 3.05) is 6.54 Å². The van der Waals surface area contributed by atoms with Gasteiger partial charge in [-0.15, -0.1) is 0 Å². The molecule has 0 aliphatic carbocycles. The molecule has 2 nitrogen and oxygen atoms in total. The molecule has 0 N–H and O–H groups in total. The first-order chi connectivity index (χ1) is 6.22. The number of carbonyl (C=O) groups is 1. The Morgan fingerprint density at radius 1 is 1.23 bits per heavy atom. The smallest absolute Gasteiger partial charge is 0.224 e. The first-order valence-electron chi connectivity index (χ1n) is 5.03. The minimum atomic E-state index is 0.104. The second-order valence-corrected chi connectivity index (χ2v) is 4.05. The molecular weight excluding hydrogens is 182 g/mol. The summed E-state index contributed by atoms with van der Waals surface area (Å²) >= 11 is 5.22. The third-order valence-corrected chi connectivity index (χ3v) is 2.88. The molecule has 1 amide bonds. The Morgan fingerprint density at radius 3 is 2.54 bits per heavy atom. The van der Waals surface area contributed by atoms with E-state index in [1.54, 1.807) is 11.8 Å². The highest BCUT2D eigenvalue weighted by atomic mass is 32.1. The van der Waals surface area contributed by atoms with E-state index < -0.39 is 0 Å². The van der Waals surface area contributed by atoms with E-state index in [0.717, 1.165) is 30.8 Å². The Hall–Kier alpha value is -0.440. The van der Waals surface area contributed by atoms with Crippen LogP contribution in [0.25, 0.3) is 0 Å². The van der Waals surface area contributed by atoms with Crippen LogP contribution in [-0.2, 0) is 4.79 Å². The van der Waals surface area contributed by atoms with Crippen LogP contribution in [0.4, 0.5) is 0 Å². The van der Waals surface area contributed by atoms with Gasteiger partial charge in [0, 0.05) is 13.5 Å². The average Bonchev–Trinajstić information content (AvgIpc) is 2.16. The molecule has 0 unspecified atom stereocenters. The maximum Gasteiger partial charge on any atom is 0.224 e. The third kappa shape index (κ3) is 3.43. The zero-order valence-electron chi connectivity index (χ0n) is 8.21. The summed E-state index contributed by atoms with van der Waals surface area (Å²) in [5.74, 6) is 0.104. The summed E-state index contributed by atoms with van der Waals surface area (Å²) in [7, 11) is 0. The SMILES string of the molecule is CC(=O)N1CCCCCCCC1=S. The summed E-state index contributed by atoms with van der Waals surface area (Å²) in [5.41, 5.74) is 0. The zero-order valence-corrected chi connectivity index (χ0v) is 9.03. The largest absolute Gasteiger partial charge is 0.307 e. The monoisotopic (exact) mass is 199 g/mol. The molecule has 0 radical (unpaired) electrons. The summed E-state index contributed by atoms with van der Waals surface area (Å²) < 4.78 is 0. The fraction of sp³-hybridized carbons (Fsp3) is 0.800. The first kappa shape index (κ1) is 10.6. The quantitative estimate of drug-likeness (QED) is 0.559. The van der Waals surface area contributed by atoms with Crippen molar-refractivity contribution in [3.63, 3.8) is 0 Å². The van der Waals surface area contributed by atoms with Gasteiger partial charge >= 0.3 is 0 Å². The molecule has 0 aromatic carbocycles. The van der Waals surface area contributed by atoms with Crippen LogP contribution in [0.15, 0.2) is 0 Å². The number of rotatable bonds is 0. The van der Waals surface area contributed by atoms with Crippen molar-refractivity contribution >= 4 is 23.1 Å². The first-order valence-corrected chi connectivity index (χ1v) is 5.43. The van der Waals surface area contributed by atoms with Crippen molar-refractivity contribution in [3.8, 4) is 0 Å². The fourth-order valence-corrected chi connectivity index (χ4v) is 2.03. The molecule has 1 aliphatic heterocycles. The van der Waals surface area contributed by atoms with Crippen LogP contribution in [0.5, 0.6) is 0 Å². The molecule has 1 aliphatic rings. The van der Waals surface area contributed by atoms with Crippen LogP contribution in [0.1, 0.15) is 45.4 Å². The number of hydrogen-bond donors (Lipinski definition) is 0. The van der Waals surface area contributed by atoms with Gasteiger partial charge in [0.2, 0.25) is 5.91 Å². The van der Waals surface area contributed by atoms with E-state index in [9.17, 15) is 4.79 Å². The van der Waals surface area contributed by atoms with Gasteiger partial charge in [-0.25, -0.2) is 0 Å². The maximum atomic E-state index is 11.2.